The van der Waals surface area contributed by atoms with Crippen molar-refractivity contribution in [2.75, 3.05) is 36.4 Å². The van der Waals surface area contributed by atoms with Crippen LogP contribution in [0.1, 0.15) is 0 Å². The lowest BCUT2D eigenvalue weighted by Crippen LogP contribution is -2.51. The molecule has 8 heteroatoms. The van der Waals surface area contributed by atoms with Gasteiger partial charge in [0.25, 0.3) is 0 Å². The van der Waals surface area contributed by atoms with Crippen molar-refractivity contribution in [1.82, 2.24) is 4.90 Å². The number of nitrogens with one attached hydrogen (secondary N) is 1. The Morgan fingerprint density at radius 1 is 1.04 bits per heavy atom. The summed E-state index contributed by atoms with van der Waals surface area (Å²) in [6, 6.07) is 13.2. The van der Waals surface area contributed by atoms with Crippen molar-refractivity contribution in [1.29, 1.82) is 5.26 Å². The van der Waals surface area contributed by atoms with E-state index in [1.165, 1.54) is 11.0 Å². The van der Waals surface area contributed by atoms with E-state index in [1.807, 2.05) is 10.3 Å². The van der Waals surface area contributed by atoms with Gasteiger partial charge in [0.2, 0.25) is 0 Å². The Kier molecular flexibility index (Phi) is 5.94. The lowest BCUT2D eigenvalue weighted by atomic mass is 10.2. The minimum atomic E-state index is -0.713. The Morgan fingerprint density at radius 2 is 1.70 bits per heavy atom. The predicted molar refractivity (Wildman–Crippen MR) is 102 cm³/mol. The lowest BCUT2D eigenvalue weighted by Gasteiger charge is -2.35. The highest BCUT2D eigenvalue weighted by atomic mass is 32.2. The molecule has 6 nitrogen and oxygen atoms in total. The number of rotatable bonds is 3. The van der Waals surface area contributed by atoms with Gasteiger partial charge < -0.3 is 15.1 Å². The molecule has 0 bridgehead atoms. The SMILES string of the molecule is N#CSc1ccc(NC(=O)C(=O)N2CCN(c3ccccc3F)CC2)cc1. The van der Waals surface area contributed by atoms with Crippen molar-refractivity contribution in [2.45, 2.75) is 4.90 Å². The van der Waals surface area contributed by atoms with Gasteiger partial charge in [-0.1, -0.05) is 12.1 Å². The number of anilines is 2. The smallest absolute Gasteiger partial charge is 0.313 e. The fourth-order valence-corrected chi connectivity index (χ4v) is 3.22. The number of benzene rings is 2. The fraction of sp³-hybridized carbons (Fsp3) is 0.211. The number of thiocyanates is 1. The molecule has 0 saturated carbocycles. The standard InChI is InChI=1S/C19H17FN4O2S/c20-16-3-1-2-4-17(16)23-9-11-24(12-10-23)19(26)18(25)22-14-5-7-15(8-6-14)27-13-21/h1-8H,9-12H2,(H,22,25). The van der Waals surface area contributed by atoms with Crippen LogP contribution in [0.5, 0.6) is 0 Å². The van der Waals surface area contributed by atoms with Crippen LogP contribution in [0.25, 0.3) is 0 Å². The average molecular weight is 384 g/mol. The molecule has 138 valence electrons. The highest BCUT2D eigenvalue weighted by Crippen LogP contribution is 2.21. The maximum atomic E-state index is 13.9. The summed E-state index contributed by atoms with van der Waals surface area (Å²) in [5.41, 5.74) is 0.991. The van der Waals surface area contributed by atoms with E-state index in [9.17, 15) is 14.0 Å². The number of para-hydroxylation sites is 1. The summed E-state index contributed by atoms with van der Waals surface area (Å²) in [6.07, 6.45) is 0. The maximum absolute atomic E-state index is 13.9. The van der Waals surface area contributed by atoms with E-state index in [0.717, 1.165) is 16.7 Å². The zero-order valence-electron chi connectivity index (χ0n) is 14.4. The van der Waals surface area contributed by atoms with Gasteiger partial charge in [-0.05, 0) is 48.2 Å². The van der Waals surface area contributed by atoms with Gasteiger partial charge in [0.1, 0.15) is 11.2 Å². The number of halogens is 1. The molecule has 0 radical (unpaired) electrons. The number of amides is 2. The van der Waals surface area contributed by atoms with Crippen LogP contribution in [-0.4, -0.2) is 42.9 Å². The summed E-state index contributed by atoms with van der Waals surface area (Å²) in [5, 5.41) is 13.2. The van der Waals surface area contributed by atoms with Crippen molar-refractivity contribution in [3.63, 3.8) is 0 Å². The molecule has 0 spiro atoms. The Labute approximate surface area is 160 Å². The number of hydrogen-bond acceptors (Lipinski definition) is 5. The molecule has 2 aromatic rings. The maximum Gasteiger partial charge on any atom is 0.313 e. The summed E-state index contributed by atoms with van der Waals surface area (Å²) < 4.78 is 13.9. The molecule has 2 amide bonds. The van der Waals surface area contributed by atoms with Crippen molar-refractivity contribution < 1.29 is 14.0 Å². The molecule has 0 unspecified atom stereocenters. The van der Waals surface area contributed by atoms with E-state index in [4.69, 9.17) is 5.26 Å². The van der Waals surface area contributed by atoms with Crippen LogP contribution in [0.3, 0.4) is 0 Å². The van der Waals surface area contributed by atoms with E-state index in [-0.39, 0.29) is 5.82 Å². The second kappa shape index (κ2) is 8.56. The monoisotopic (exact) mass is 384 g/mol. The first-order valence-corrected chi connectivity index (χ1v) is 9.16. The summed E-state index contributed by atoms with van der Waals surface area (Å²) in [6.45, 7) is 1.61. The molecular formula is C19H17FN4O2S. The van der Waals surface area contributed by atoms with Gasteiger partial charge >= 0.3 is 11.8 Å². The van der Waals surface area contributed by atoms with Crippen LogP contribution in [0.4, 0.5) is 15.8 Å². The largest absolute Gasteiger partial charge is 0.366 e. The molecule has 1 aliphatic heterocycles. The minimum Gasteiger partial charge on any atom is -0.366 e. The van der Waals surface area contributed by atoms with Crippen LogP contribution in [0.2, 0.25) is 0 Å². The van der Waals surface area contributed by atoms with Gasteiger partial charge in [0.05, 0.1) is 5.69 Å². The van der Waals surface area contributed by atoms with Gasteiger partial charge in [-0.15, -0.1) is 0 Å². The molecule has 0 aromatic heterocycles. The highest BCUT2D eigenvalue weighted by Gasteiger charge is 2.26. The third-order valence-electron chi connectivity index (χ3n) is 4.23. The van der Waals surface area contributed by atoms with Gasteiger partial charge in [-0.2, -0.15) is 5.26 Å². The second-order valence-electron chi connectivity index (χ2n) is 5.90. The van der Waals surface area contributed by atoms with Crippen molar-refractivity contribution in [3.05, 3.63) is 54.3 Å². The zero-order chi connectivity index (χ0) is 19.2. The Morgan fingerprint density at radius 3 is 2.33 bits per heavy atom. The number of thioether (sulfide) groups is 1. The summed E-state index contributed by atoms with van der Waals surface area (Å²) in [4.78, 5) is 28.6. The Hall–Kier alpha value is -3.05. The molecule has 1 heterocycles. The van der Waals surface area contributed by atoms with E-state index in [2.05, 4.69) is 5.32 Å². The number of nitriles is 1. The van der Waals surface area contributed by atoms with Crippen LogP contribution in [-0.2, 0) is 9.59 Å². The first-order valence-electron chi connectivity index (χ1n) is 8.34. The molecule has 27 heavy (non-hydrogen) atoms. The molecule has 1 N–H and O–H groups in total. The molecule has 0 atom stereocenters. The summed E-state index contributed by atoms with van der Waals surface area (Å²) in [7, 11) is 0. The van der Waals surface area contributed by atoms with Crippen molar-refractivity contribution in [2.24, 2.45) is 0 Å². The fourth-order valence-electron chi connectivity index (χ4n) is 2.85. The van der Waals surface area contributed by atoms with Gasteiger partial charge in [-0.25, -0.2) is 4.39 Å². The van der Waals surface area contributed by atoms with Crippen molar-refractivity contribution >= 4 is 35.0 Å². The first kappa shape index (κ1) is 18.7. The van der Waals surface area contributed by atoms with Gasteiger partial charge in [0.15, 0.2) is 0 Å². The number of nitrogens with zero attached hydrogens (tertiary/aromatic N) is 3. The molecule has 1 aliphatic rings. The van der Waals surface area contributed by atoms with Crippen LogP contribution in [0.15, 0.2) is 53.4 Å². The van der Waals surface area contributed by atoms with Crippen molar-refractivity contribution in [3.8, 4) is 5.40 Å². The zero-order valence-corrected chi connectivity index (χ0v) is 15.2. The third-order valence-corrected chi connectivity index (χ3v) is 4.83. The van der Waals surface area contributed by atoms with Crippen LogP contribution >= 0.6 is 11.8 Å². The highest BCUT2D eigenvalue weighted by molar-refractivity contribution is 8.03. The average Bonchev–Trinajstić information content (AvgIpc) is 2.70. The summed E-state index contributed by atoms with van der Waals surface area (Å²) in [5.74, 6) is -1.62. The quantitative estimate of drug-likeness (QED) is 0.500. The summed E-state index contributed by atoms with van der Waals surface area (Å²) >= 11 is 1.02. The number of piperazine rings is 1. The van der Waals surface area contributed by atoms with E-state index >= 15 is 0 Å². The molecule has 1 saturated heterocycles. The number of carbonyl (C=O) groups excluding carboxylic acids is 2. The predicted octanol–water partition coefficient (Wildman–Crippen LogP) is 2.69. The lowest BCUT2D eigenvalue weighted by molar-refractivity contribution is -0.143. The van der Waals surface area contributed by atoms with Crippen LogP contribution < -0.4 is 10.2 Å². The molecular weight excluding hydrogens is 367 g/mol. The number of carbonyl (C=O) groups is 2. The molecule has 0 aliphatic carbocycles. The molecule has 1 fully saturated rings. The molecule has 3 rings (SSSR count). The van der Waals surface area contributed by atoms with Gasteiger partial charge in [0, 0.05) is 36.8 Å². The van der Waals surface area contributed by atoms with E-state index in [1.54, 1.807) is 42.5 Å². The minimum absolute atomic E-state index is 0.298. The van der Waals surface area contributed by atoms with E-state index < -0.39 is 11.8 Å². The Balaban J connectivity index is 1.55. The normalized spacial score (nSPS) is 13.8. The number of hydrogen-bond donors (Lipinski definition) is 1. The topological polar surface area (TPSA) is 76.4 Å². The molecule has 2 aromatic carbocycles. The van der Waals surface area contributed by atoms with E-state index in [0.29, 0.717) is 37.6 Å². The van der Waals surface area contributed by atoms with Crippen LogP contribution in [0, 0.1) is 16.5 Å². The third kappa shape index (κ3) is 4.57. The Bertz CT molecular complexity index is 874. The second-order valence-corrected chi connectivity index (χ2v) is 6.76. The first-order chi connectivity index (χ1) is 13.1. The van der Waals surface area contributed by atoms with Gasteiger partial charge in [-0.3, -0.25) is 9.59 Å².